The summed E-state index contributed by atoms with van der Waals surface area (Å²) in [5.41, 5.74) is 15.2. The van der Waals surface area contributed by atoms with Gasteiger partial charge < -0.3 is 9.88 Å². The summed E-state index contributed by atoms with van der Waals surface area (Å²) >= 11 is 0. The monoisotopic (exact) mass is 694 g/mol. The van der Waals surface area contributed by atoms with Crippen LogP contribution < -0.4 is 5.32 Å². The van der Waals surface area contributed by atoms with Crippen molar-refractivity contribution in [3.8, 4) is 39.2 Å². The molecule has 0 fully saturated rings. The average Bonchev–Trinajstić information content (AvgIpc) is 3.55. The predicted octanol–water partition coefficient (Wildman–Crippen LogP) is 11.8. The van der Waals surface area contributed by atoms with Gasteiger partial charge in [-0.3, -0.25) is 0 Å². The molecule has 0 spiro atoms. The maximum absolute atomic E-state index is 5.15. The fraction of sp³-hybridized carbons (Fsp3) is 0.0800. The molecule has 4 heteroatoms. The molecule has 2 aliphatic rings. The molecule has 1 N–H and O–H groups in total. The van der Waals surface area contributed by atoms with Crippen LogP contribution >= 0.6 is 0 Å². The number of hydrogen-bond acceptors (Lipinski definition) is 3. The second-order valence-electron chi connectivity index (χ2n) is 14.7. The molecule has 1 aliphatic carbocycles. The third kappa shape index (κ3) is 5.21. The molecule has 0 radical (unpaired) electrons. The lowest BCUT2D eigenvalue weighted by Gasteiger charge is -2.28. The summed E-state index contributed by atoms with van der Waals surface area (Å²) in [4.78, 5) is 10.3. The van der Waals surface area contributed by atoms with E-state index in [-0.39, 0.29) is 5.41 Å². The highest BCUT2D eigenvalue weighted by Crippen LogP contribution is 2.52. The van der Waals surface area contributed by atoms with Crippen LogP contribution in [0.3, 0.4) is 0 Å². The molecule has 2 heterocycles. The van der Waals surface area contributed by atoms with Gasteiger partial charge in [0.15, 0.2) is 6.17 Å². The van der Waals surface area contributed by atoms with Gasteiger partial charge in [0.25, 0.3) is 0 Å². The van der Waals surface area contributed by atoms with Crippen molar-refractivity contribution in [1.29, 1.82) is 0 Å². The summed E-state index contributed by atoms with van der Waals surface area (Å²) in [6, 6.07) is 65.0. The van der Waals surface area contributed by atoms with Crippen LogP contribution in [0.1, 0.15) is 47.8 Å². The van der Waals surface area contributed by atoms with E-state index in [2.05, 4.69) is 169 Å². The van der Waals surface area contributed by atoms with Gasteiger partial charge in [-0.2, -0.15) is 0 Å². The number of fused-ring (bicyclic) bond motifs is 7. The van der Waals surface area contributed by atoms with E-state index in [1.165, 1.54) is 44.4 Å². The fourth-order valence-corrected chi connectivity index (χ4v) is 8.45. The van der Waals surface area contributed by atoms with E-state index in [4.69, 9.17) is 9.98 Å². The van der Waals surface area contributed by atoms with E-state index in [0.29, 0.717) is 0 Å². The normalized spacial score (nSPS) is 14.6. The lowest BCUT2D eigenvalue weighted by atomic mass is 9.75. The number of hydrogen-bond donors (Lipinski definition) is 1. The van der Waals surface area contributed by atoms with Crippen LogP contribution in [0.2, 0.25) is 0 Å². The van der Waals surface area contributed by atoms with Gasteiger partial charge in [0.1, 0.15) is 11.7 Å². The number of nitrogens with zero attached hydrogens (tertiary/aromatic N) is 3. The largest absolute Gasteiger partial charge is 0.324 e. The van der Waals surface area contributed by atoms with Gasteiger partial charge in [-0.25, -0.2) is 9.98 Å². The molecular formula is C50H38N4. The number of nitrogens with one attached hydrogen (secondary N) is 1. The Morgan fingerprint density at radius 1 is 0.500 bits per heavy atom. The average molecular weight is 695 g/mol. The van der Waals surface area contributed by atoms with Crippen molar-refractivity contribution in [2.75, 3.05) is 0 Å². The Hall–Kier alpha value is -6.78. The van der Waals surface area contributed by atoms with Gasteiger partial charge in [0.05, 0.1) is 11.2 Å². The molecule has 258 valence electrons. The minimum absolute atomic E-state index is 0.180. The molecule has 54 heavy (non-hydrogen) atoms. The molecule has 0 atom stereocenters. The first-order valence-corrected chi connectivity index (χ1v) is 18.6. The van der Waals surface area contributed by atoms with Crippen molar-refractivity contribution >= 4 is 22.6 Å². The number of aliphatic imine (C=N–C) groups is 2. The Morgan fingerprint density at radius 2 is 1.04 bits per heavy atom. The smallest absolute Gasteiger partial charge is 0.169 e. The molecule has 1 aliphatic heterocycles. The van der Waals surface area contributed by atoms with Crippen LogP contribution in [0.5, 0.6) is 0 Å². The van der Waals surface area contributed by atoms with Gasteiger partial charge in [0.2, 0.25) is 0 Å². The number of amidine groups is 2. The molecule has 0 bridgehead atoms. The summed E-state index contributed by atoms with van der Waals surface area (Å²) in [5, 5.41) is 4.77. The molecule has 7 aromatic carbocycles. The Labute approximate surface area is 315 Å². The lowest BCUT2D eigenvalue weighted by Crippen LogP contribution is -2.35. The van der Waals surface area contributed by atoms with Crippen LogP contribution in [-0.4, -0.2) is 16.2 Å². The first kappa shape index (κ1) is 31.9. The minimum Gasteiger partial charge on any atom is -0.324 e. The van der Waals surface area contributed by atoms with Gasteiger partial charge in [-0.05, 0) is 57.6 Å². The van der Waals surface area contributed by atoms with Gasteiger partial charge >= 0.3 is 0 Å². The summed E-state index contributed by atoms with van der Waals surface area (Å²) in [5.74, 6) is 1.62. The fourth-order valence-electron chi connectivity index (χ4n) is 8.45. The number of para-hydroxylation sites is 1. The topological polar surface area (TPSA) is 41.7 Å². The van der Waals surface area contributed by atoms with E-state index in [1.807, 2.05) is 36.4 Å². The Balaban J connectivity index is 1.13. The summed E-state index contributed by atoms with van der Waals surface area (Å²) in [7, 11) is 0. The van der Waals surface area contributed by atoms with Crippen molar-refractivity contribution in [2.45, 2.75) is 25.4 Å². The van der Waals surface area contributed by atoms with Gasteiger partial charge in [-0.15, -0.1) is 0 Å². The lowest BCUT2D eigenvalue weighted by molar-refractivity contribution is 0.646. The van der Waals surface area contributed by atoms with Gasteiger partial charge in [0, 0.05) is 38.7 Å². The van der Waals surface area contributed by atoms with Crippen LogP contribution in [0.15, 0.2) is 192 Å². The van der Waals surface area contributed by atoms with Crippen molar-refractivity contribution in [2.24, 2.45) is 9.98 Å². The third-order valence-electron chi connectivity index (χ3n) is 11.1. The Bertz CT molecular complexity index is 2710. The summed E-state index contributed by atoms with van der Waals surface area (Å²) in [6.45, 7) is 4.72. The van der Waals surface area contributed by atoms with Crippen molar-refractivity contribution < 1.29 is 0 Å². The molecule has 1 aromatic heterocycles. The second-order valence-corrected chi connectivity index (χ2v) is 14.7. The molecule has 8 aromatic rings. The standard InChI is InChI=1S/C50H38N4/c1-50(2)42-28-12-9-25-39(42)45-41-27-11-14-30-44(41)54(46(45)40-26-10-13-29-43(40)50)38-24-16-22-36(32-38)35-21-15-23-37(31-35)49-52-47(33-17-5-3-6-18-33)51-48(53-49)34-19-7-4-8-20-34/h3-32,49H,1-2H3,(H,51,52,53). The van der Waals surface area contributed by atoms with E-state index in [1.54, 1.807) is 0 Å². The molecule has 0 amide bonds. The predicted molar refractivity (Wildman–Crippen MR) is 224 cm³/mol. The quantitative estimate of drug-likeness (QED) is 0.191. The maximum Gasteiger partial charge on any atom is 0.169 e. The van der Waals surface area contributed by atoms with Crippen LogP contribution in [0, 0.1) is 0 Å². The minimum atomic E-state index is -0.399. The Kier molecular flexibility index (Phi) is 7.51. The number of rotatable bonds is 5. The zero-order valence-corrected chi connectivity index (χ0v) is 30.2. The van der Waals surface area contributed by atoms with Crippen LogP contribution in [-0.2, 0) is 5.41 Å². The highest BCUT2D eigenvalue weighted by molar-refractivity contribution is 6.16. The molecule has 0 saturated heterocycles. The second kappa shape index (κ2) is 12.7. The van der Waals surface area contributed by atoms with E-state index in [0.717, 1.165) is 45.2 Å². The number of benzene rings is 7. The third-order valence-corrected chi connectivity index (χ3v) is 11.1. The SMILES string of the molecule is CC1(C)c2ccccc2-c2c(n(-c3cccc(-c4cccc(C5N=C(c6ccccc6)NC(c6ccccc6)=N5)c4)c3)c3ccccc23)-c2ccccc21. The van der Waals surface area contributed by atoms with Crippen molar-refractivity contribution in [3.05, 3.63) is 210 Å². The summed E-state index contributed by atoms with van der Waals surface area (Å²) in [6.07, 6.45) is -0.399. The first-order chi connectivity index (χ1) is 26.5. The molecular weight excluding hydrogens is 657 g/mol. The van der Waals surface area contributed by atoms with Crippen molar-refractivity contribution in [3.63, 3.8) is 0 Å². The van der Waals surface area contributed by atoms with Crippen LogP contribution in [0.25, 0.3) is 50.1 Å². The molecule has 0 saturated carbocycles. The van der Waals surface area contributed by atoms with Crippen molar-refractivity contribution in [1.82, 2.24) is 9.88 Å². The molecule has 4 nitrogen and oxygen atoms in total. The first-order valence-electron chi connectivity index (χ1n) is 18.6. The zero-order valence-electron chi connectivity index (χ0n) is 30.2. The molecule has 10 rings (SSSR count). The zero-order chi connectivity index (χ0) is 36.2. The number of aromatic nitrogens is 1. The maximum atomic E-state index is 5.15. The van der Waals surface area contributed by atoms with E-state index >= 15 is 0 Å². The Morgan fingerprint density at radius 3 is 1.74 bits per heavy atom. The van der Waals surface area contributed by atoms with E-state index < -0.39 is 6.17 Å². The highest BCUT2D eigenvalue weighted by atomic mass is 15.2. The van der Waals surface area contributed by atoms with Crippen LogP contribution in [0.4, 0.5) is 0 Å². The van der Waals surface area contributed by atoms with Gasteiger partial charge in [-0.1, -0.05) is 172 Å². The summed E-state index contributed by atoms with van der Waals surface area (Å²) < 4.78 is 2.48. The van der Waals surface area contributed by atoms with E-state index in [9.17, 15) is 0 Å². The molecule has 0 unspecified atom stereocenters. The highest BCUT2D eigenvalue weighted by Gasteiger charge is 2.36.